The first-order chi connectivity index (χ1) is 12.7. The Morgan fingerprint density at radius 3 is 2.33 bits per heavy atom. The Hall–Kier alpha value is -1.66. The minimum Gasteiger partial charge on any atom is -0.433 e. The normalized spacial score (nSPS) is 27.4. The van der Waals surface area contributed by atoms with E-state index in [0.29, 0.717) is 25.3 Å². The summed E-state index contributed by atoms with van der Waals surface area (Å²) in [6.07, 6.45) is 6.80. The highest BCUT2D eigenvalue weighted by atomic mass is 16.7. The number of rotatable bonds is 4. The van der Waals surface area contributed by atoms with Gasteiger partial charge in [0.1, 0.15) is 0 Å². The smallest absolute Gasteiger partial charge is 0.308 e. The summed E-state index contributed by atoms with van der Waals surface area (Å²) in [5.74, 6) is -1.58. The van der Waals surface area contributed by atoms with Gasteiger partial charge >= 0.3 is 5.97 Å². The number of hydrogen-bond acceptors (Lipinski definition) is 6. The summed E-state index contributed by atoms with van der Waals surface area (Å²) in [5.41, 5.74) is 1.10. The van der Waals surface area contributed by atoms with E-state index >= 15 is 0 Å². The molecular formula is C21H33N3O3. The Labute approximate surface area is 162 Å². The van der Waals surface area contributed by atoms with Crippen LogP contribution in [0.3, 0.4) is 0 Å². The lowest BCUT2D eigenvalue weighted by Crippen LogP contribution is -2.53. The van der Waals surface area contributed by atoms with E-state index in [-0.39, 0.29) is 11.4 Å². The predicted molar refractivity (Wildman–Crippen MR) is 105 cm³/mol. The first-order valence-corrected chi connectivity index (χ1v) is 10.1. The third-order valence-corrected chi connectivity index (χ3v) is 5.57. The molecule has 2 aliphatic rings. The zero-order valence-electron chi connectivity index (χ0n) is 16.9. The average Bonchev–Trinajstić information content (AvgIpc) is 2.61. The molecule has 1 aromatic rings. The SMILES string of the molecule is CC(C)(C)CC(=O)OC1(O)CCC(N2CCN(c3ccncc3)CC2)CC1. The Morgan fingerprint density at radius 2 is 1.78 bits per heavy atom. The summed E-state index contributed by atoms with van der Waals surface area (Å²) in [4.78, 5) is 21.1. The Morgan fingerprint density at radius 1 is 1.19 bits per heavy atom. The lowest BCUT2D eigenvalue weighted by molar-refractivity contribution is -0.225. The molecule has 150 valence electrons. The highest BCUT2D eigenvalue weighted by molar-refractivity contribution is 5.70. The molecule has 2 heterocycles. The topological polar surface area (TPSA) is 65.9 Å². The maximum atomic E-state index is 12.1. The van der Waals surface area contributed by atoms with Gasteiger partial charge in [0.2, 0.25) is 5.79 Å². The quantitative estimate of drug-likeness (QED) is 0.645. The van der Waals surface area contributed by atoms with Gasteiger partial charge in [-0.3, -0.25) is 14.7 Å². The first kappa shape index (κ1) is 20.1. The highest BCUT2D eigenvalue weighted by Crippen LogP contribution is 2.34. The van der Waals surface area contributed by atoms with Gasteiger partial charge in [0.05, 0.1) is 6.42 Å². The Kier molecular flexibility index (Phi) is 6.06. The van der Waals surface area contributed by atoms with Crippen molar-refractivity contribution in [1.82, 2.24) is 9.88 Å². The minimum atomic E-state index is -1.28. The number of carbonyl (C=O) groups excluding carboxylic acids is 1. The molecule has 0 bridgehead atoms. The number of esters is 1. The summed E-state index contributed by atoms with van der Waals surface area (Å²) >= 11 is 0. The Balaban J connectivity index is 1.45. The molecule has 1 saturated carbocycles. The van der Waals surface area contributed by atoms with Crippen molar-refractivity contribution in [2.24, 2.45) is 5.41 Å². The summed E-state index contributed by atoms with van der Waals surface area (Å²) in [7, 11) is 0. The van der Waals surface area contributed by atoms with Gasteiger partial charge in [-0.25, -0.2) is 0 Å². The molecule has 0 atom stereocenters. The van der Waals surface area contributed by atoms with Gasteiger partial charge in [-0.1, -0.05) is 20.8 Å². The van der Waals surface area contributed by atoms with Crippen LogP contribution in [0.1, 0.15) is 52.9 Å². The van der Waals surface area contributed by atoms with Crippen LogP contribution in [0.15, 0.2) is 24.5 Å². The molecule has 1 aliphatic heterocycles. The predicted octanol–water partition coefficient (Wildman–Crippen LogP) is 2.81. The van der Waals surface area contributed by atoms with Crippen LogP contribution < -0.4 is 4.90 Å². The average molecular weight is 376 g/mol. The van der Waals surface area contributed by atoms with E-state index in [1.54, 1.807) is 0 Å². The van der Waals surface area contributed by atoms with Crippen LogP contribution in [0.25, 0.3) is 0 Å². The van der Waals surface area contributed by atoms with Crippen LogP contribution >= 0.6 is 0 Å². The van der Waals surface area contributed by atoms with Gasteiger partial charge in [-0.15, -0.1) is 0 Å². The number of piperazine rings is 1. The highest BCUT2D eigenvalue weighted by Gasteiger charge is 2.39. The molecule has 1 N–H and O–H groups in total. The molecule has 2 fully saturated rings. The monoisotopic (exact) mass is 375 g/mol. The first-order valence-electron chi connectivity index (χ1n) is 10.1. The molecule has 1 saturated heterocycles. The van der Waals surface area contributed by atoms with E-state index < -0.39 is 5.79 Å². The van der Waals surface area contributed by atoms with Crippen molar-refractivity contribution in [3.05, 3.63) is 24.5 Å². The molecule has 0 radical (unpaired) electrons. The number of pyridine rings is 1. The molecule has 27 heavy (non-hydrogen) atoms. The fourth-order valence-corrected chi connectivity index (χ4v) is 4.10. The molecule has 1 aromatic heterocycles. The maximum absolute atomic E-state index is 12.1. The second kappa shape index (κ2) is 8.15. The van der Waals surface area contributed by atoms with Crippen LogP contribution in [0.2, 0.25) is 0 Å². The van der Waals surface area contributed by atoms with Gasteiger partial charge in [-0.05, 0) is 30.4 Å². The molecular weight excluding hydrogens is 342 g/mol. The maximum Gasteiger partial charge on any atom is 0.308 e. The van der Waals surface area contributed by atoms with Crippen LogP contribution in [0.5, 0.6) is 0 Å². The van der Waals surface area contributed by atoms with Gasteiger partial charge in [0.15, 0.2) is 0 Å². The number of nitrogens with zero attached hydrogens (tertiary/aromatic N) is 3. The van der Waals surface area contributed by atoms with E-state index in [4.69, 9.17) is 4.74 Å². The zero-order chi connectivity index (χ0) is 19.5. The van der Waals surface area contributed by atoms with Crippen molar-refractivity contribution in [1.29, 1.82) is 0 Å². The van der Waals surface area contributed by atoms with E-state index in [2.05, 4.69) is 26.9 Å². The van der Waals surface area contributed by atoms with Crippen molar-refractivity contribution >= 4 is 11.7 Å². The molecule has 0 amide bonds. The van der Waals surface area contributed by atoms with Gasteiger partial charge in [0.25, 0.3) is 0 Å². The largest absolute Gasteiger partial charge is 0.433 e. The summed E-state index contributed by atoms with van der Waals surface area (Å²) < 4.78 is 5.45. The van der Waals surface area contributed by atoms with Crippen LogP contribution in [-0.2, 0) is 9.53 Å². The van der Waals surface area contributed by atoms with Gasteiger partial charge < -0.3 is 14.7 Å². The molecule has 1 aliphatic carbocycles. The minimum absolute atomic E-state index is 0.126. The van der Waals surface area contributed by atoms with Crippen molar-refractivity contribution in [2.45, 2.75) is 64.7 Å². The Bertz CT molecular complexity index is 613. The van der Waals surface area contributed by atoms with Crippen molar-refractivity contribution in [2.75, 3.05) is 31.1 Å². The summed E-state index contributed by atoms with van der Waals surface area (Å²) in [6.45, 7) is 10.1. The van der Waals surface area contributed by atoms with Crippen LogP contribution in [0.4, 0.5) is 5.69 Å². The third kappa shape index (κ3) is 5.66. The van der Waals surface area contributed by atoms with Crippen LogP contribution in [0, 0.1) is 5.41 Å². The number of ether oxygens (including phenoxy) is 1. The number of aromatic nitrogens is 1. The van der Waals surface area contributed by atoms with Crippen molar-refractivity contribution < 1.29 is 14.6 Å². The van der Waals surface area contributed by atoms with E-state index in [1.807, 2.05) is 33.2 Å². The zero-order valence-corrected chi connectivity index (χ0v) is 16.9. The molecule has 0 spiro atoms. The van der Waals surface area contributed by atoms with Gasteiger partial charge in [-0.2, -0.15) is 0 Å². The number of aliphatic hydroxyl groups is 1. The number of hydrogen-bond donors (Lipinski definition) is 1. The fourth-order valence-electron chi connectivity index (χ4n) is 4.10. The van der Waals surface area contributed by atoms with Crippen LogP contribution in [-0.4, -0.2) is 59.0 Å². The molecule has 0 aromatic carbocycles. The van der Waals surface area contributed by atoms with E-state index in [0.717, 1.165) is 39.0 Å². The second-order valence-corrected chi connectivity index (χ2v) is 9.12. The van der Waals surface area contributed by atoms with E-state index in [9.17, 15) is 9.90 Å². The van der Waals surface area contributed by atoms with Crippen molar-refractivity contribution in [3.63, 3.8) is 0 Å². The summed E-state index contributed by atoms with van der Waals surface area (Å²) in [5, 5.41) is 10.7. The van der Waals surface area contributed by atoms with E-state index in [1.165, 1.54) is 5.69 Å². The lowest BCUT2D eigenvalue weighted by Gasteiger charge is -2.44. The molecule has 6 nitrogen and oxygen atoms in total. The number of carbonyl (C=O) groups is 1. The molecule has 3 rings (SSSR count). The second-order valence-electron chi connectivity index (χ2n) is 9.12. The fraction of sp³-hybridized carbons (Fsp3) is 0.714. The van der Waals surface area contributed by atoms with Crippen molar-refractivity contribution in [3.8, 4) is 0 Å². The lowest BCUT2D eigenvalue weighted by atomic mass is 9.88. The molecule has 0 unspecified atom stereocenters. The van der Waals surface area contributed by atoms with Gasteiger partial charge in [0, 0.05) is 63.1 Å². The standard InChI is InChI=1S/C21H33N3O3/c1-20(2,3)16-19(25)27-21(26)8-4-17(5-9-21)23-12-14-24(15-13-23)18-6-10-22-11-7-18/h6-7,10-11,17,26H,4-5,8-9,12-16H2,1-3H3. The molecule has 6 heteroatoms. The summed E-state index contributed by atoms with van der Waals surface area (Å²) in [6, 6.07) is 4.58. The third-order valence-electron chi connectivity index (χ3n) is 5.57. The number of anilines is 1.